The molecule has 2 aromatic heterocycles. The molecular weight excluding hydrogens is 319 g/mol. The molecule has 0 aliphatic rings. The van der Waals surface area contributed by atoms with Gasteiger partial charge in [-0.1, -0.05) is 20.8 Å². The van der Waals surface area contributed by atoms with E-state index >= 15 is 0 Å². The lowest BCUT2D eigenvalue weighted by Crippen LogP contribution is -2.14. The number of hydrogen-bond acceptors (Lipinski definition) is 4. The zero-order chi connectivity index (χ0) is 17.6. The van der Waals surface area contributed by atoms with Gasteiger partial charge in [-0.05, 0) is 5.92 Å². The molecule has 3 rings (SSSR count). The van der Waals surface area contributed by atoms with Gasteiger partial charge in [-0.3, -0.25) is 0 Å². The third kappa shape index (κ3) is 2.47. The Morgan fingerprint density at radius 2 is 1.67 bits per heavy atom. The van der Waals surface area contributed by atoms with Gasteiger partial charge in [0.15, 0.2) is 0 Å². The van der Waals surface area contributed by atoms with Crippen molar-refractivity contribution in [2.45, 2.75) is 26.7 Å². The molecule has 5 nitrogen and oxygen atoms in total. The van der Waals surface area contributed by atoms with Crippen molar-refractivity contribution in [2.75, 3.05) is 5.73 Å². The van der Waals surface area contributed by atoms with Gasteiger partial charge in [-0.15, -0.1) is 0 Å². The van der Waals surface area contributed by atoms with E-state index in [1.807, 2.05) is 20.8 Å². The number of nitrogen functional groups attached to an aromatic ring is 1. The second kappa shape index (κ2) is 5.77. The molecule has 126 valence electrons. The van der Waals surface area contributed by atoms with Crippen LogP contribution >= 0.6 is 0 Å². The van der Waals surface area contributed by atoms with Crippen LogP contribution in [0.3, 0.4) is 0 Å². The Bertz CT molecular complexity index is 896. The average molecular weight is 335 g/mol. The van der Waals surface area contributed by atoms with E-state index in [2.05, 4.69) is 15.1 Å². The normalized spacial score (nSPS) is 13.0. The van der Waals surface area contributed by atoms with Crippen molar-refractivity contribution in [1.29, 1.82) is 0 Å². The van der Waals surface area contributed by atoms with Crippen molar-refractivity contribution in [3.63, 3.8) is 0 Å². The second-order valence-corrected chi connectivity index (χ2v) is 6.01. The van der Waals surface area contributed by atoms with Crippen molar-refractivity contribution in [3.8, 4) is 11.1 Å². The Kier molecular flexibility index (Phi) is 3.90. The summed E-state index contributed by atoms with van der Waals surface area (Å²) in [4.78, 5) is 8.37. The minimum atomic E-state index is -1.04. The summed E-state index contributed by atoms with van der Waals surface area (Å²) in [6, 6.07) is 1.24. The Labute approximate surface area is 136 Å². The van der Waals surface area contributed by atoms with Gasteiger partial charge in [0.05, 0.1) is 16.8 Å². The smallest absolute Gasteiger partial charge is 0.254 e. The van der Waals surface area contributed by atoms with Crippen LogP contribution in [-0.2, 0) is 0 Å². The lowest BCUT2D eigenvalue weighted by molar-refractivity contribution is 0.521. The fourth-order valence-electron chi connectivity index (χ4n) is 2.56. The van der Waals surface area contributed by atoms with Gasteiger partial charge >= 0.3 is 0 Å². The molecule has 0 amide bonds. The van der Waals surface area contributed by atoms with E-state index in [9.17, 15) is 13.2 Å². The first-order chi connectivity index (χ1) is 11.3. The van der Waals surface area contributed by atoms with Crippen LogP contribution < -0.4 is 5.73 Å². The minimum Gasteiger partial charge on any atom is -0.383 e. The van der Waals surface area contributed by atoms with Crippen LogP contribution in [0.5, 0.6) is 0 Å². The Balaban J connectivity index is 2.42. The first-order valence-corrected chi connectivity index (χ1v) is 7.45. The highest BCUT2D eigenvalue weighted by molar-refractivity contribution is 5.79. The molecule has 0 spiro atoms. The summed E-state index contributed by atoms with van der Waals surface area (Å²) in [5.74, 6) is -2.87. The van der Waals surface area contributed by atoms with E-state index in [0.29, 0.717) is 17.8 Å². The maximum atomic E-state index is 14.3. The molecule has 8 heteroatoms. The maximum Gasteiger partial charge on any atom is 0.254 e. The van der Waals surface area contributed by atoms with Crippen LogP contribution in [0, 0.1) is 23.4 Å². The quantitative estimate of drug-likeness (QED) is 0.795. The molecule has 24 heavy (non-hydrogen) atoms. The van der Waals surface area contributed by atoms with Crippen LogP contribution in [0.2, 0.25) is 0 Å². The molecule has 0 fully saturated rings. The van der Waals surface area contributed by atoms with Crippen molar-refractivity contribution in [2.24, 2.45) is 5.92 Å². The zero-order valence-corrected chi connectivity index (χ0v) is 13.4. The molecule has 2 N–H and O–H groups in total. The number of nitrogens with two attached hydrogens (primary N) is 1. The van der Waals surface area contributed by atoms with E-state index in [1.54, 1.807) is 0 Å². The Morgan fingerprint density at radius 1 is 1.04 bits per heavy atom. The lowest BCUT2D eigenvalue weighted by atomic mass is 9.89. The van der Waals surface area contributed by atoms with Gasteiger partial charge in [0.1, 0.15) is 29.6 Å². The number of rotatable bonds is 3. The molecule has 2 heterocycles. The molecule has 0 radical (unpaired) electrons. The fraction of sp³-hybridized carbons (Fsp3) is 0.312. The standard InChI is InChI=1S/C16H16F3N5/c1-7(2)8(3)14-13(12-10(18)4-9(17)5-11(12)19)15(20)24-16(23-14)21-6-22-24/h4-8H,20H2,1-3H3/t8-/m1/s1. The number of halogens is 3. The monoisotopic (exact) mass is 335 g/mol. The highest BCUT2D eigenvalue weighted by Gasteiger charge is 2.27. The molecular formula is C16H16F3N5. The fourth-order valence-corrected chi connectivity index (χ4v) is 2.56. The molecule has 3 aromatic rings. The zero-order valence-electron chi connectivity index (χ0n) is 13.4. The highest BCUT2D eigenvalue weighted by Crippen LogP contribution is 2.38. The van der Waals surface area contributed by atoms with E-state index in [0.717, 1.165) is 0 Å². The van der Waals surface area contributed by atoms with Crippen LogP contribution in [0.4, 0.5) is 19.0 Å². The summed E-state index contributed by atoms with van der Waals surface area (Å²) in [7, 11) is 0. The van der Waals surface area contributed by atoms with Crippen molar-refractivity contribution < 1.29 is 13.2 Å². The predicted octanol–water partition coefficient (Wildman–Crippen LogP) is 3.55. The summed E-state index contributed by atoms with van der Waals surface area (Å²) < 4.78 is 43.1. The van der Waals surface area contributed by atoms with Crippen LogP contribution in [0.25, 0.3) is 16.9 Å². The summed E-state index contributed by atoms with van der Waals surface area (Å²) >= 11 is 0. The van der Waals surface area contributed by atoms with Gasteiger partial charge in [-0.25, -0.2) is 18.2 Å². The van der Waals surface area contributed by atoms with Crippen LogP contribution in [0.1, 0.15) is 32.4 Å². The summed E-state index contributed by atoms with van der Waals surface area (Å²) in [6.07, 6.45) is 1.25. The molecule has 0 saturated carbocycles. The third-order valence-corrected chi connectivity index (χ3v) is 4.18. The number of fused-ring (bicyclic) bond motifs is 1. The number of nitrogens with zero attached hydrogens (tertiary/aromatic N) is 4. The van der Waals surface area contributed by atoms with Gasteiger partial charge < -0.3 is 5.73 Å². The lowest BCUT2D eigenvalue weighted by Gasteiger charge is -2.21. The summed E-state index contributed by atoms with van der Waals surface area (Å²) in [6.45, 7) is 5.79. The minimum absolute atomic E-state index is 0.00408. The number of hydrogen-bond donors (Lipinski definition) is 1. The average Bonchev–Trinajstić information content (AvgIpc) is 2.96. The molecule has 1 aromatic carbocycles. The Morgan fingerprint density at radius 3 is 2.25 bits per heavy atom. The van der Waals surface area contributed by atoms with Crippen LogP contribution in [-0.4, -0.2) is 19.6 Å². The molecule has 0 saturated heterocycles. The largest absolute Gasteiger partial charge is 0.383 e. The number of anilines is 1. The second-order valence-electron chi connectivity index (χ2n) is 6.01. The van der Waals surface area contributed by atoms with Crippen molar-refractivity contribution in [1.82, 2.24) is 19.6 Å². The number of benzene rings is 1. The van der Waals surface area contributed by atoms with Crippen molar-refractivity contribution >= 4 is 11.6 Å². The molecule has 0 bridgehead atoms. The predicted molar refractivity (Wildman–Crippen MR) is 83.8 cm³/mol. The number of aromatic nitrogens is 4. The van der Waals surface area contributed by atoms with Gasteiger partial charge in [0.2, 0.25) is 0 Å². The third-order valence-electron chi connectivity index (χ3n) is 4.18. The summed E-state index contributed by atoms with van der Waals surface area (Å²) in [5.41, 5.74) is 6.16. The molecule has 0 aliphatic heterocycles. The first-order valence-electron chi connectivity index (χ1n) is 7.45. The van der Waals surface area contributed by atoms with Crippen LogP contribution in [0.15, 0.2) is 18.5 Å². The van der Waals surface area contributed by atoms with Gasteiger partial charge in [0.25, 0.3) is 5.78 Å². The SMILES string of the molecule is CC(C)[C@@H](C)c1nc2ncnn2c(N)c1-c1c(F)cc(F)cc1F. The van der Waals surface area contributed by atoms with Crippen molar-refractivity contribution in [3.05, 3.63) is 41.6 Å². The first kappa shape index (κ1) is 16.2. The molecule has 0 aliphatic carbocycles. The van der Waals surface area contributed by atoms with E-state index in [1.165, 1.54) is 10.8 Å². The maximum absolute atomic E-state index is 14.3. The summed E-state index contributed by atoms with van der Waals surface area (Å²) in [5, 5.41) is 3.93. The topological polar surface area (TPSA) is 69.1 Å². The molecule has 0 unspecified atom stereocenters. The van der Waals surface area contributed by atoms with E-state index in [4.69, 9.17) is 5.73 Å². The van der Waals surface area contributed by atoms with Gasteiger partial charge in [0, 0.05) is 18.1 Å². The Hall–Kier alpha value is -2.64. The molecule has 1 atom stereocenters. The van der Waals surface area contributed by atoms with E-state index in [-0.39, 0.29) is 29.0 Å². The van der Waals surface area contributed by atoms with E-state index < -0.39 is 23.0 Å². The highest BCUT2D eigenvalue weighted by atomic mass is 19.1. The van der Waals surface area contributed by atoms with Gasteiger partial charge in [-0.2, -0.15) is 14.6 Å².